The van der Waals surface area contributed by atoms with Crippen molar-refractivity contribution in [1.29, 1.82) is 0 Å². The van der Waals surface area contributed by atoms with Gasteiger partial charge in [-0.3, -0.25) is 9.10 Å². The van der Waals surface area contributed by atoms with Crippen molar-refractivity contribution in [3.05, 3.63) is 84.3 Å². The molecule has 0 aliphatic rings. The Kier molecular flexibility index (Phi) is 6.57. The van der Waals surface area contributed by atoms with Gasteiger partial charge in [-0.2, -0.15) is 20.2 Å². The number of nitrogens with zero attached hydrogens (tertiary/aromatic N) is 1. The highest BCUT2D eigenvalue weighted by atomic mass is 32.2. The van der Waals surface area contributed by atoms with Gasteiger partial charge in [-0.1, -0.05) is 42.5 Å². The first kappa shape index (κ1) is 22.0. The molecular weight excluding hydrogens is 446 g/mol. The van der Waals surface area contributed by atoms with Gasteiger partial charge in [0.25, 0.3) is 15.9 Å². The monoisotopic (exact) mass is 469 g/mol. The second-order valence-corrected chi connectivity index (χ2v) is 10.1. The summed E-state index contributed by atoms with van der Waals surface area (Å²) in [6.07, 6.45) is 1.32. The number of nitrogens with one attached hydrogen (secondary N) is 2. The molecule has 0 aliphatic carbocycles. The number of furan rings is 1. The van der Waals surface area contributed by atoms with E-state index >= 15 is 0 Å². The van der Waals surface area contributed by atoms with Crippen molar-refractivity contribution >= 4 is 44.3 Å². The standard InChI is InChI=1S/C23H23N3O4S2/c1-26(32(28,29)21-11-6-13-30-21)20-10-5-9-18-15-19(25-22(18)20)23(27)24-12-14-31-16-17-7-3-2-4-8-17/h2-11,13,15,25H,12,14,16H2,1H3,(H,24,27). The summed E-state index contributed by atoms with van der Waals surface area (Å²) < 4.78 is 31.9. The number of benzene rings is 2. The Bertz CT molecular complexity index is 1300. The van der Waals surface area contributed by atoms with E-state index in [-0.39, 0.29) is 11.0 Å². The molecule has 0 spiro atoms. The second-order valence-electron chi connectivity index (χ2n) is 7.12. The van der Waals surface area contributed by atoms with Crippen LogP contribution in [0.15, 0.2) is 82.5 Å². The summed E-state index contributed by atoms with van der Waals surface area (Å²) >= 11 is 1.75. The lowest BCUT2D eigenvalue weighted by Crippen LogP contribution is -2.27. The molecule has 0 aliphatic heterocycles. The van der Waals surface area contributed by atoms with Crippen molar-refractivity contribution in [3.8, 4) is 0 Å². The number of amides is 1. The Morgan fingerprint density at radius 3 is 2.66 bits per heavy atom. The van der Waals surface area contributed by atoms with Crippen LogP contribution in [0, 0.1) is 0 Å². The number of para-hydroxylation sites is 1. The van der Waals surface area contributed by atoms with Gasteiger partial charge in [-0.15, -0.1) is 0 Å². The van der Waals surface area contributed by atoms with Crippen LogP contribution < -0.4 is 9.62 Å². The van der Waals surface area contributed by atoms with E-state index in [2.05, 4.69) is 22.4 Å². The average molecular weight is 470 g/mol. The molecule has 2 heterocycles. The van der Waals surface area contributed by atoms with Crippen molar-refractivity contribution in [2.75, 3.05) is 23.7 Å². The van der Waals surface area contributed by atoms with E-state index in [0.717, 1.165) is 21.2 Å². The fraction of sp³-hybridized carbons (Fsp3) is 0.174. The molecule has 9 heteroatoms. The van der Waals surface area contributed by atoms with E-state index in [1.807, 2.05) is 24.3 Å². The zero-order chi connectivity index (χ0) is 22.6. The summed E-state index contributed by atoms with van der Waals surface area (Å²) in [5.74, 6) is 1.45. The number of sulfonamides is 1. The van der Waals surface area contributed by atoms with Gasteiger partial charge in [-0.05, 0) is 29.8 Å². The summed E-state index contributed by atoms with van der Waals surface area (Å²) in [6.45, 7) is 0.533. The molecule has 4 rings (SSSR count). The smallest absolute Gasteiger partial charge is 0.297 e. The lowest BCUT2D eigenvalue weighted by atomic mass is 10.2. The molecular formula is C23H23N3O4S2. The lowest BCUT2D eigenvalue weighted by Gasteiger charge is -2.18. The van der Waals surface area contributed by atoms with Crippen LogP contribution in [0.2, 0.25) is 0 Å². The van der Waals surface area contributed by atoms with Crippen LogP contribution in [-0.2, 0) is 15.8 Å². The van der Waals surface area contributed by atoms with Crippen molar-refractivity contribution in [2.45, 2.75) is 10.8 Å². The van der Waals surface area contributed by atoms with Gasteiger partial charge >= 0.3 is 0 Å². The number of carbonyl (C=O) groups excluding carboxylic acids is 1. The van der Waals surface area contributed by atoms with Crippen LogP contribution in [-0.4, -0.2) is 38.7 Å². The highest BCUT2D eigenvalue weighted by molar-refractivity contribution is 7.98. The summed E-state index contributed by atoms with van der Waals surface area (Å²) in [4.78, 5) is 15.7. The van der Waals surface area contributed by atoms with Crippen molar-refractivity contribution < 1.29 is 17.6 Å². The number of thioether (sulfide) groups is 1. The van der Waals surface area contributed by atoms with E-state index in [4.69, 9.17) is 4.42 Å². The molecule has 0 fully saturated rings. The van der Waals surface area contributed by atoms with Gasteiger partial charge in [0, 0.05) is 30.5 Å². The van der Waals surface area contributed by atoms with Crippen LogP contribution in [0.5, 0.6) is 0 Å². The number of rotatable bonds is 9. The van der Waals surface area contributed by atoms with E-state index < -0.39 is 10.0 Å². The molecule has 0 saturated carbocycles. The van der Waals surface area contributed by atoms with Crippen molar-refractivity contribution in [1.82, 2.24) is 10.3 Å². The van der Waals surface area contributed by atoms with Crippen molar-refractivity contribution in [2.24, 2.45) is 0 Å². The molecule has 0 unspecified atom stereocenters. The van der Waals surface area contributed by atoms with Gasteiger partial charge in [0.15, 0.2) is 0 Å². The Balaban J connectivity index is 1.43. The fourth-order valence-electron chi connectivity index (χ4n) is 3.30. The van der Waals surface area contributed by atoms with Crippen molar-refractivity contribution in [3.63, 3.8) is 0 Å². The number of aromatic amines is 1. The number of carbonyl (C=O) groups is 1. The molecule has 166 valence electrons. The molecule has 2 aromatic carbocycles. The molecule has 0 saturated heterocycles. The third kappa shape index (κ3) is 4.68. The van der Waals surface area contributed by atoms with Crippen LogP contribution in [0.25, 0.3) is 10.9 Å². The zero-order valence-corrected chi connectivity index (χ0v) is 19.1. The molecule has 0 radical (unpaired) electrons. The topological polar surface area (TPSA) is 95.4 Å². The molecule has 1 amide bonds. The first-order chi connectivity index (χ1) is 15.5. The minimum Gasteiger partial charge on any atom is -0.451 e. The molecule has 2 aromatic heterocycles. The van der Waals surface area contributed by atoms with Gasteiger partial charge in [0.2, 0.25) is 5.09 Å². The number of hydrogen-bond acceptors (Lipinski definition) is 5. The Morgan fingerprint density at radius 2 is 1.91 bits per heavy atom. The number of aromatic nitrogens is 1. The SMILES string of the molecule is CN(c1cccc2cc(C(=O)NCCSCc3ccccc3)[nH]c12)S(=O)(=O)c1ccco1. The molecule has 7 nitrogen and oxygen atoms in total. The van der Waals surface area contributed by atoms with Gasteiger partial charge in [0.05, 0.1) is 17.5 Å². The average Bonchev–Trinajstić information content (AvgIpc) is 3.49. The molecule has 0 atom stereocenters. The number of anilines is 1. The summed E-state index contributed by atoms with van der Waals surface area (Å²) in [6, 6.07) is 20.1. The first-order valence-electron chi connectivity index (χ1n) is 10.0. The van der Waals surface area contributed by atoms with Gasteiger partial charge in [-0.25, -0.2) is 0 Å². The number of H-pyrrole nitrogens is 1. The summed E-state index contributed by atoms with van der Waals surface area (Å²) in [5, 5.41) is 3.51. The highest BCUT2D eigenvalue weighted by Crippen LogP contribution is 2.30. The molecule has 4 aromatic rings. The Labute approximate surface area is 190 Å². The minimum absolute atomic E-state index is 0.144. The van der Waals surface area contributed by atoms with Gasteiger partial charge in [0.1, 0.15) is 5.69 Å². The van der Waals surface area contributed by atoms with Crippen LogP contribution in [0.3, 0.4) is 0 Å². The Morgan fingerprint density at radius 1 is 1.09 bits per heavy atom. The van der Waals surface area contributed by atoms with E-state index in [1.165, 1.54) is 31.0 Å². The van der Waals surface area contributed by atoms with Crippen LogP contribution >= 0.6 is 11.8 Å². The van der Waals surface area contributed by atoms with E-state index in [1.54, 1.807) is 30.0 Å². The maximum atomic E-state index is 12.8. The normalized spacial score (nSPS) is 11.5. The van der Waals surface area contributed by atoms with Crippen LogP contribution in [0.4, 0.5) is 5.69 Å². The first-order valence-corrected chi connectivity index (χ1v) is 12.6. The fourth-order valence-corrected chi connectivity index (χ4v) is 5.22. The predicted molar refractivity (Wildman–Crippen MR) is 128 cm³/mol. The Hall–Kier alpha value is -3.17. The van der Waals surface area contributed by atoms with Gasteiger partial charge < -0.3 is 14.7 Å². The maximum absolute atomic E-state index is 12.8. The zero-order valence-electron chi connectivity index (χ0n) is 17.4. The third-order valence-electron chi connectivity index (χ3n) is 4.97. The quantitative estimate of drug-likeness (QED) is 0.357. The predicted octanol–water partition coefficient (Wildman–Crippen LogP) is 4.25. The molecule has 32 heavy (non-hydrogen) atoms. The van der Waals surface area contributed by atoms with E-state index in [9.17, 15) is 13.2 Å². The minimum atomic E-state index is -3.85. The van der Waals surface area contributed by atoms with E-state index in [0.29, 0.717) is 23.4 Å². The number of hydrogen-bond donors (Lipinski definition) is 2. The molecule has 0 bridgehead atoms. The summed E-state index contributed by atoms with van der Waals surface area (Å²) in [5.41, 5.74) is 2.62. The van der Waals surface area contributed by atoms with Crippen LogP contribution in [0.1, 0.15) is 16.1 Å². The maximum Gasteiger partial charge on any atom is 0.297 e. The molecule has 2 N–H and O–H groups in total. The third-order valence-corrected chi connectivity index (χ3v) is 7.66. The highest BCUT2D eigenvalue weighted by Gasteiger charge is 2.26. The second kappa shape index (κ2) is 9.54. The summed E-state index contributed by atoms with van der Waals surface area (Å²) in [7, 11) is -2.40. The number of fused-ring (bicyclic) bond motifs is 1. The largest absolute Gasteiger partial charge is 0.451 e. The lowest BCUT2D eigenvalue weighted by molar-refractivity contribution is 0.0952.